The highest BCUT2D eigenvalue weighted by molar-refractivity contribution is 5.86. The van der Waals surface area contributed by atoms with Crippen molar-refractivity contribution in [2.45, 2.75) is 26.4 Å². The zero-order valence-electron chi connectivity index (χ0n) is 20.1. The minimum absolute atomic E-state index is 0.0733. The van der Waals surface area contributed by atoms with Crippen LogP contribution in [-0.2, 0) is 6.54 Å². The van der Waals surface area contributed by atoms with E-state index in [1.54, 1.807) is 11.7 Å². The molecule has 4 aromatic rings. The lowest BCUT2D eigenvalue weighted by atomic mass is 10.1. The second-order valence-corrected chi connectivity index (χ2v) is 8.79. The molecule has 1 atom stereocenters. The van der Waals surface area contributed by atoms with E-state index in [1.807, 2.05) is 31.2 Å². The summed E-state index contributed by atoms with van der Waals surface area (Å²) in [4.78, 5) is 30.6. The maximum atomic E-state index is 12.8. The summed E-state index contributed by atoms with van der Waals surface area (Å²) in [6, 6.07) is 12.1. The van der Waals surface area contributed by atoms with Crippen molar-refractivity contribution in [2.75, 3.05) is 43.9 Å². The monoisotopic (exact) mass is 475 g/mol. The molecule has 182 valence electrons. The molecule has 0 bridgehead atoms. The molecule has 1 aliphatic rings. The number of piperazine rings is 1. The van der Waals surface area contributed by atoms with Gasteiger partial charge in [0, 0.05) is 44.5 Å². The first-order valence-electron chi connectivity index (χ1n) is 11.7. The molecule has 1 aliphatic heterocycles. The first kappa shape index (κ1) is 22.9. The Morgan fingerprint density at radius 1 is 1.11 bits per heavy atom. The van der Waals surface area contributed by atoms with Crippen molar-refractivity contribution in [2.24, 2.45) is 0 Å². The van der Waals surface area contributed by atoms with E-state index < -0.39 is 0 Å². The van der Waals surface area contributed by atoms with Crippen molar-refractivity contribution >= 4 is 22.8 Å². The number of anilines is 2. The number of rotatable bonds is 6. The van der Waals surface area contributed by atoms with Crippen molar-refractivity contribution in [1.82, 2.24) is 24.4 Å². The van der Waals surface area contributed by atoms with Gasteiger partial charge in [0.1, 0.15) is 22.7 Å². The van der Waals surface area contributed by atoms with Crippen LogP contribution >= 0.6 is 0 Å². The fraction of sp³-hybridized carbons (Fsp3) is 0.360. The lowest BCUT2D eigenvalue weighted by Crippen LogP contribution is -2.52. The quantitative estimate of drug-likeness (QED) is 0.449. The highest BCUT2D eigenvalue weighted by Crippen LogP contribution is 2.26. The van der Waals surface area contributed by atoms with Crippen LogP contribution in [0.1, 0.15) is 12.7 Å². The Labute approximate surface area is 203 Å². The van der Waals surface area contributed by atoms with Crippen LogP contribution in [0.4, 0.5) is 11.6 Å². The van der Waals surface area contributed by atoms with E-state index in [2.05, 4.69) is 43.8 Å². The highest BCUT2D eigenvalue weighted by Gasteiger charge is 2.24. The number of aryl methyl sites for hydroxylation is 1. The first-order chi connectivity index (χ1) is 16.9. The number of fused-ring (bicyclic) bond motifs is 1. The first-order valence-corrected chi connectivity index (χ1v) is 11.7. The summed E-state index contributed by atoms with van der Waals surface area (Å²) in [5, 5.41) is 0. The third-order valence-corrected chi connectivity index (χ3v) is 6.50. The minimum atomic E-state index is -0.221. The number of benzene rings is 1. The van der Waals surface area contributed by atoms with Gasteiger partial charge in [-0.1, -0.05) is 0 Å². The normalized spacial score (nSPS) is 16.7. The summed E-state index contributed by atoms with van der Waals surface area (Å²) < 4.78 is 12.6. The molecule has 0 saturated carbocycles. The summed E-state index contributed by atoms with van der Waals surface area (Å²) >= 11 is 0. The molecule has 10 heteroatoms. The predicted octanol–water partition coefficient (Wildman–Crippen LogP) is 2.56. The molecule has 1 aromatic carbocycles. The summed E-state index contributed by atoms with van der Waals surface area (Å²) in [6.45, 7) is 7.93. The molecule has 10 nitrogen and oxygen atoms in total. The number of ether oxygens (including phenoxy) is 1. The average Bonchev–Trinajstić information content (AvgIpc) is 3.29. The van der Waals surface area contributed by atoms with Crippen LogP contribution in [-0.4, -0.2) is 63.7 Å². The van der Waals surface area contributed by atoms with Gasteiger partial charge < -0.3 is 19.8 Å². The summed E-state index contributed by atoms with van der Waals surface area (Å²) in [5.74, 6) is 2.22. The number of nitrogens with two attached hydrogens (primary N) is 1. The molecular formula is C25H29N7O3. The Morgan fingerprint density at radius 2 is 1.91 bits per heavy atom. The molecule has 0 amide bonds. The van der Waals surface area contributed by atoms with E-state index in [0.29, 0.717) is 41.7 Å². The van der Waals surface area contributed by atoms with Gasteiger partial charge in [-0.15, -0.1) is 0 Å². The van der Waals surface area contributed by atoms with Gasteiger partial charge in [0.2, 0.25) is 5.95 Å². The fourth-order valence-electron chi connectivity index (χ4n) is 4.59. The Morgan fingerprint density at radius 3 is 2.60 bits per heavy atom. The minimum Gasteiger partial charge on any atom is -0.497 e. The smallest absolute Gasteiger partial charge is 0.270 e. The van der Waals surface area contributed by atoms with Crippen molar-refractivity contribution < 1.29 is 9.15 Å². The molecule has 3 aromatic heterocycles. The lowest BCUT2D eigenvalue weighted by Gasteiger charge is -2.41. The van der Waals surface area contributed by atoms with Gasteiger partial charge >= 0.3 is 0 Å². The highest BCUT2D eigenvalue weighted by atomic mass is 16.5. The summed E-state index contributed by atoms with van der Waals surface area (Å²) in [7, 11) is 1.67. The lowest BCUT2D eigenvalue weighted by molar-refractivity contribution is 0.182. The SMILES string of the molecule is COc1ccc(N2CCN(CCn3c(=O)cnc4c(-c5ccc(C)o5)nc(N)nc43)C(C)C2)cc1. The largest absolute Gasteiger partial charge is 0.497 e. The number of methoxy groups -OCH3 is 1. The summed E-state index contributed by atoms with van der Waals surface area (Å²) in [5.41, 5.74) is 8.36. The Kier molecular flexibility index (Phi) is 6.12. The summed E-state index contributed by atoms with van der Waals surface area (Å²) in [6.07, 6.45) is 1.31. The van der Waals surface area contributed by atoms with Crippen molar-refractivity contribution in [1.29, 1.82) is 0 Å². The van der Waals surface area contributed by atoms with Crippen LogP contribution < -0.4 is 20.9 Å². The molecule has 1 saturated heterocycles. The van der Waals surface area contributed by atoms with Crippen LogP contribution in [0.25, 0.3) is 22.6 Å². The van der Waals surface area contributed by atoms with Crippen LogP contribution in [0, 0.1) is 6.92 Å². The van der Waals surface area contributed by atoms with Gasteiger partial charge in [-0.05, 0) is 50.2 Å². The van der Waals surface area contributed by atoms with Crippen LogP contribution in [0.3, 0.4) is 0 Å². The maximum absolute atomic E-state index is 12.8. The predicted molar refractivity (Wildman–Crippen MR) is 135 cm³/mol. The van der Waals surface area contributed by atoms with E-state index in [-0.39, 0.29) is 11.5 Å². The van der Waals surface area contributed by atoms with E-state index in [9.17, 15) is 4.79 Å². The van der Waals surface area contributed by atoms with Crippen LogP contribution in [0.2, 0.25) is 0 Å². The Bertz CT molecular complexity index is 1400. The molecule has 2 N–H and O–H groups in total. The van der Waals surface area contributed by atoms with E-state index in [1.165, 1.54) is 11.9 Å². The number of aromatic nitrogens is 4. The van der Waals surface area contributed by atoms with Crippen LogP contribution in [0.15, 0.2) is 51.8 Å². The number of nitrogens with zero attached hydrogens (tertiary/aromatic N) is 6. The van der Waals surface area contributed by atoms with Gasteiger partial charge in [0.15, 0.2) is 11.4 Å². The number of furan rings is 1. The molecule has 0 radical (unpaired) electrons. The van der Waals surface area contributed by atoms with Crippen molar-refractivity contribution in [3.63, 3.8) is 0 Å². The third-order valence-electron chi connectivity index (χ3n) is 6.50. The van der Waals surface area contributed by atoms with E-state index >= 15 is 0 Å². The molecule has 5 rings (SSSR count). The van der Waals surface area contributed by atoms with Crippen molar-refractivity contribution in [3.8, 4) is 17.2 Å². The zero-order valence-corrected chi connectivity index (χ0v) is 20.1. The number of nitrogen functional groups attached to an aromatic ring is 1. The van der Waals surface area contributed by atoms with Gasteiger partial charge in [-0.25, -0.2) is 9.97 Å². The standard InChI is InChI=1S/C25H29N7O3/c1-16-15-31(18-5-7-19(34-3)8-6-18)11-10-30(16)12-13-32-21(33)14-27-23-22(20-9-4-17(2)35-20)28-25(26)29-24(23)32/h4-9,14,16H,10-13,15H2,1-3H3,(H2,26,28,29). The third kappa shape index (κ3) is 4.57. The number of hydrogen-bond acceptors (Lipinski definition) is 9. The maximum Gasteiger partial charge on any atom is 0.270 e. The van der Waals surface area contributed by atoms with E-state index in [0.717, 1.165) is 31.1 Å². The zero-order chi connectivity index (χ0) is 24.5. The topological polar surface area (TPSA) is 116 Å². The average molecular weight is 476 g/mol. The van der Waals surface area contributed by atoms with Gasteiger partial charge in [0.05, 0.1) is 13.3 Å². The molecule has 4 heterocycles. The second-order valence-electron chi connectivity index (χ2n) is 8.79. The van der Waals surface area contributed by atoms with Gasteiger partial charge in [-0.3, -0.25) is 14.3 Å². The molecule has 0 aliphatic carbocycles. The second kappa shape index (κ2) is 9.38. The Balaban J connectivity index is 1.35. The molecular weight excluding hydrogens is 446 g/mol. The van der Waals surface area contributed by atoms with Gasteiger partial charge in [-0.2, -0.15) is 4.98 Å². The number of hydrogen-bond donors (Lipinski definition) is 1. The molecule has 35 heavy (non-hydrogen) atoms. The fourth-order valence-corrected chi connectivity index (χ4v) is 4.59. The molecule has 1 fully saturated rings. The molecule has 1 unspecified atom stereocenters. The Hall–Kier alpha value is -3.92. The van der Waals surface area contributed by atoms with Gasteiger partial charge in [0.25, 0.3) is 5.56 Å². The van der Waals surface area contributed by atoms with E-state index in [4.69, 9.17) is 14.9 Å². The van der Waals surface area contributed by atoms with Crippen LogP contribution in [0.5, 0.6) is 5.75 Å². The van der Waals surface area contributed by atoms with Crippen molar-refractivity contribution in [3.05, 3.63) is 58.7 Å². The molecule has 0 spiro atoms.